The lowest BCUT2D eigenvalue weighted by Gasteiger charge is -2.08. The Hall–Kier alpha value is -3.15. The molecule has 6 nitrogen and oxygen atoms in total. The van der Waals surface area contributed by atoms with E-state index in [9.17, 15) is 0 Å². The van der Waals surface area contributed by atoms with Gasteiger partial charge in [-0.3, -0.25) is 9.97 Å². The number of hydrogen-bond donors (Lipinski definition) is 0. The van der Waals surface area contributed by atoms with Crippen molar-refractivity contribution in [3.05, 3.63) is 60.4 Å². The quantitative estimate of drug-likeness (QED) is 0.563. The molecular formula is C20H20N6. The van der Waals surface area contributed by atoms with Gasteiger partial charge in [0.25, 0.3) is 0 Å². The normalized spacial score (nSPS) is 11.4. The first-order valence-corrected chi connectivity index (χ1v) is 8.71. The van der Waals surface area contributed by atoms with Crippen LogP contribution in [0.5, 0.6) is 0 Å². The first kappa shape index (κ1) is 16.3. The molecule has 0 aliphatic rings. The SMILES string of the molecule is Cc1nc2ccncc2cc1-c1nc(CC(C)C)nn1-c1ccccn1. The van der Waals surface area contributed by atoms with E-state index in [-0.39, 0.29) is 0 Å². The van der Waals surface area contributed by atoms with Crippen LogP contribution in [0.25, 0.3) is 28.1 Å². The standard InChI is InChI=1S/C20H20N6/c1-13(2)10-18-24-20(26(25-18)19-6-4-5-8-22-19)16-11-15-12-21-9-7-17(15)23-14(16)3/h4-9,11-13H,10H2,1-3H3. The highest BCUT2D eigenvalue weighted by Crippen LogP contribution is 2.26. The topological polar surface area (TPSA) is 69.4 Å². The van der Waals surface area contributed by atoms with Crippen LogP contribution in [0.2, 0.25) is 0 Å². The second-order valence-electron chi connectivity index (χ2n) is 6.74. The van der Waals surface area contributed by atoms with E-state index < -0.39 is 0 Å². The molecule has 0 bridgehead atoms. The fourth-order valence-corrected chi connectivity index (χ4v) is 2.96. The summed E-state index contributed by atoms with van der Waals surface area (Å²) >= 11 is 0. The van der Waals surface area contributed by atoms with E-state index in [0.717, 1.165) is 46.0 Å². The number of pyridine rings is 3. The molecule has 130 valence electrons. The average molecular weight is 344 g/mol. The second-order valence-corrected chi connectivity index (χ2v) is 6.74. The lowest BCUT2D eigenvalue weighted by atomic mass is 10.1. The van der Waals surface area contributed by atoms with Crippen molar-refractivity contribution < 1.29 is 0 Å². The molecule has 26 heavy (non-hydrogen) atoms. The van der Waals surface area contributed by atoms with Crippen LogP contribution in [0.1, 0.15) is 25.4 Å². The zero-order valence-electron chi connectivity index (χ0n) is 15.1. The van der Waals surface area contributed by atoms with Crippen LogP contribution in [0, 0.1) is 12.8 Å². The maximum absolute atomic E-state index is 4.82. The molecule has 0 N–H and O–H groups in total. The minimum Gasteiger partial charge on any atom is -0.264 e. The van der Waals surface area contributed by atoms with Gasteiger partial charge < -0.3 is 0 Å². The fourth-order valence-electron chi connectivity index (χ4n) is 2.96. The van der Waals surface area contributed by atoms with E-state index in [1.165, 1.54) is 0 Å². The van der Waals surface area contributed by atoms with Crippen LogP contribution < -0.4 is 0 Å². The highest BCUT2D eigenvalue weighted by Gasteiger charge is 2.18. The highest BCUT2D eigenvalue weighted by atomic mass is 15.4. The largest absolute Gasteiger partial charge is 0.264 e. The first-order chi connectivity index (χ1) is 12.6. The van der Waals surface area contributed by atoms with Gasteiger partial charge in [0.15, 0.2) is 17.5 Å². The summed E-state index contributed by atoms with van der Waals surface area (Å²) in [7, 11) is 0. The zero-order valence-corrected chi connectivity index (χ0v) is 15.1. The van der Waals surface area contributed by atoms with Crippen LogP contribution in [0.4, 0.5) is 0 Å². The molecule has 0 unspecified atom stereocenters. The summed E-state index contributed by atoms with van der Waals surface area (Å²) < 4.78 is 1.81. The molecule has 4 aromatic rings. The maximum Gasteiger partial charge on any atom is 0.167 e. The Balaban J connectivity index is 1.92. The van der Waals surface area contributed by atoms with Crippen molar-refractivity contribution in [2.24, 2.45) is 5.92 Å². The van der Waals surface area contributed by atoms with Crippen molar-refractivity contribution in [1.29, 1.82) is 0 Å². The monoisotopic (exact) mass is 344 g/mol. The highest BCUT2D eigenvalue weighted by molar-refractivity contribution is 5.83. The Morgan fingerprint density at radius 2 is 1.96 bits per heavy atom. The summed E-state index contributed by atoms with van der Waals surface area (Å²) in [5, 5.41) is 5.70. The van der Waals surface area contributed by atoms with Gasteiger partial charge in [0.1, 0.15) is 0 Å². The van der Waals surface area contributed by atoms with Crippen LogP contribution in [-0.4, -0.2) is 29.7 Å². The van der Waals surface area contributed by atoms with Crippen molar-refractivity contribution in [3.63, 3.8) is 0 Å². The molecule has 0 spiro atoms. The van der Waals surface area contributed by atoms with Crippen molar-refractivity contribution in [2.45, 2.75) is 27.2 Å². The maximum atomic E-state index is 4.82. The molecule has 0 atom stereocenters. The molecule has 0 amide bonds. The number of fused-ring (bicyclic) bond motifs is 1. The van der Waals surface area contributed by atoms with Crippen LogP contribution in [0.3, 0.4) is 0 Å². The van der Waals surface area contributed by atoms with Crippen molar-refractivity contribution in [3.8, 4) is 17.2 Å². The lowest BCUT2D eigenvalue weighted by molar-refractivity contribution is 0.618. The molecule has 4 rings (SSSR count). The average Bonchev–Trinajstić information content (AvgIpc) is 3.04. The molecule has 0 saturated heterocycles. The summed E-state index contributed by atoms with van der Waals surface area (Å²) in [5.41, 5.74) is 2.77. The third-order valence-corrected chi connectivity index (χ3v) is 4.15. The molecule has 0 aliphatic heterocycles. The predicted octanol–water partition coefficient (Wildman–Crippen LogP) is 3.78. The summed E-state index contributed by atoms with van der Waals surface area (Å²) in [4.78, 5) is 18.2. The summed E-state index contributed by atoms with van der Waals surface area (Å²) in [6.07, 6.45) is 6.15. The molecule has 0 aliphatic carbocycles. The third-order valence-electron chi connectivity index (χ3n) is 4.15. The second kappa shape index (κ2) is 6.63. The number of hydrogen-bond acceptors (Lipinski definition) is 5. The Bertz CT molecular complexity index is 1050. The summed E-state index contributed by atoms with van der Waals surface area (Å²) in [6.45, 7) is 6.32. The molecule has 0 radical (unpaired) electrons. The number of aromatic nitrogens is 6. The Morgan fingerprint density at radius 3 is 2.73 bits per heavy atom. The number of rotatable bonds is 4. The molecule has 0 aromatic carbocycles. The molecule has 4 heterocycles. The van der Waals surface area contributed by atoms with Crippen LogP contribution in [0.15, 0.2) is 48.9 Å². The van der Waals surface area contributed by atoms with E-state index in [4.69, 9.17) is 15.1 Å². The van der Waals surface area contributed by atoms with Crippen LogP contribution >= 0.6 is 0 Å². The van der Waals surface area contributed by atoms with Crippen molar-refractivity contribution in [2.75, 3.05) is 0 Å². The van der Waals surface area contributed by atoms with Gasteiger partial charge in [-0.15, -0.1) is 5.10 Å². The molecule has 4 aromatic heterocycles. The number of nitrogens with zero attached hydrogens (tertiary/aromatic N) is 6. The van der Waals surface area contributed by atoms with Gasteiger partial charge in [-0.2, -0.15) is 4.68 Å². The Labute approximate surface area is 152 Å². The Kier molecular flexibility index (Phi) is 4.16. The van der Waals surface area contributed by atoms with E-state index in [0.29, 0.717) is 5.92 Å². The van der Waals surface area contributed by atoms with Crippen molar-refractivity contribution in [1.82, 2.24) is 29.7 Å². The summed E-state index contributed by atoms with van der Waals surface area (Å²) in [5.74, 6) is 2.79. The van der Waals surface area contributed by atoms with Gasteiger partial charge in [-0.05, 0) is 37.1 Å². The first-order valence-electron chi connectivity index (χ1n) is 8.71. The van der Waals surface area contributed by atoms with Crippen LogP contribution in [-0.2, 0) is 6.42 Å². The van der Waals surface area contributed by atoms with Gasteiger partial charge in [-0.25, -0.2) is 9.97 Å². The Morgan fingerprint density at radius 1 is 1.08 bits per heavy atom. The minimum absolute atomic E-state index is 0.474. The van der Waals surface area contributed by atoms with E-state index in [1.54, 1.807) is 12.4 Å². The van der Waals surface area contributed by atoms with E-state index >= 15 is 0 Å². The van der Waals surface area contributed by atoms with Gasteiger partial charge in [-0.1, -0.05) is 19.9 Å². The third kappa shape index (κ3) is 3.06. The minimum atomic E-state index is 0.474. The van der Waals surface area contributed by atoms with Gasteiger partial charge >= 0.3 is 0 Å². The molecule has 6 heteroatoms. The van der Waals surface area contributed by atoms with Gasteiger partial charge in [0.05, 0.1) is 5.52 Å². The van der Waals surface area contributed by atoms with E-state index in [1.807, 2.05) is 42.1 Å². The predicted molar refractivity (Wildman–Crippen MR) is 101 cm³/mol. The number of aryl methyl sites for hydroxylation is 1. The summed E-state index contributed by atoms with van der Waals surface area (Å²) in [6, 6.07) is 9.77. The smallest absolute Gasteiger partial charge is 0.167 e. The fraction of sp³-hybridized carbons (Fsp3) is 0.250. The lowest BCUT2D eigenvalue weighted by Crippen LogP contribution is -2.04. The molecule has 0 fully saturated rings. The van der Waals surface area contributed by atoms with E-state index in [2.05, 4.69) is 29.9 Å². The van der Waals surface area contributed by atoms with Gasteiger partial charge in [0.2, 0.25) is 0 Å². The molecule has 0 saturated carbocycles. The van der Waals surface area contributed by atoms with Gasteiger partial charge in [0, 0.05) is 41.7 Å². The zero-order chi connectivity index (χ0) is 18.1. The van der Waals surface area contributed by atoms with Crippen molar-refractivity contribution >= 4 is 10.9 Å². The molecular weight excluding hydrogens is 324 g/mol.